The quantitative estimate of drug-likeness (QED) is 0.631. The SMILES string of the molecule is O=C(NN1C(=O)[C@H]2[C@H](C1=O)[C@H]1C=C[C@H]2C1)[C@H](O)c1ccccc1. The lowest BCUT2D eigenvalue weighted by Crippen LogP contribution is -2.49. The monoisotopic (exact) mass is 312 g/mol. The van der Waals surface area contributed by atoms with E-state index < -0.39 is 12.0 Å². The van der Waals surface area contributed by atoms with Gasteiger partial charge in [-0.1, -0.05) is 42.5 Å². The number of imide groups is 1. The normalized spacial score (nSPS) is 32.3. The number of hydrogen-bond acceptors (Lipinski definition) is 4. The Bertz CT molecular complexity index is 685. The lowest BCUT2D eigenvalue weighted by atomic mass is 9.85. The van der Waals surface area contributed by atoms with Gasteiger partial charge in [0.1, 0.15) is 0 Å². The van der Waals surface area contributed by atoms with Gasteiger partial charge in [-0.2, -0.15) is 5.01 Å². The molecule has 1 aromatic carbocycles. The third-order valence-corrected chi connectivity index (χ3v) is 5.06. The van der Waals surface area contributed by atoms with Gasteiger partial charge in [-0.3, -0.25) is 19.8 Å². The molecule has 1 saturated heterocycles. The second-order valence-corrected chi connectivity index (χ2v) is 6.30. The van der Waals surface area contributed by atoms with Crippen molar-refractivity contribution >= 4 is 17.7 Å². The van der Waals surface area contributed by atoms with Gasteiger partial charge in [0.15, 0.2) is 6.10 Å². The number of carbonyl (C=O) groups excluding carboxylic acids is 3. The minimum absolute atomic E-state index is 0.0856. The molecule has 1 saturated carbocycles. The number of aliphatic hydroxyl groups is 1. The molecule has 1 aliphatic heterocycles. The summed E-state index contributed by atoms with van der Waals surface area (Å²) < 4.78 is 0. The van der Waals surface area contributed by atoms with Gasteiger partial charge in [-0.15, -0.1) is 0 Å². The molecule has 23 heavy (non-hydrogen) atoms. The molecule has 2 N–H and O–H groups in total. The van der Waals surface area contributed by atoms with Crippen LogP contribution in [0.15, 0.2) is 42.5 Å². The van der Waals surface area contributed by atoms with E-state index >= 15 is 0 Å². The fraction of sp³-hybridized carbons (Fsp3) is 0.353. The molecule has 0 aromatic heterocycles. The van der Waals surface area contributed by atoms with Gasteiger partial charge in [0, 0.05) is 0 Å². The van der Waals surface area contributed by atoms with Crippen LogP contribution < -0.4 is 5.43 Å². The zero-order valence-corrected chi connectivity index (χ0v) is 12.3. The van der Waals surface area contributed by atoms with E-state index in [2.05, 4.69) is 5.43 Å². The lowest BCUT2D eigenvalue weighted by Gasteiger charge is -2.20. The van der Waals surface area contributed by atoms with Crippen molar-refractivity contribution in [3.05, 3.63) is 48.0 Å². The highest BCUT2D eigenvalue weighted by atomic mass is 16.3. The molecule has 6 nitrogen and oxygen atoms in total. The molecular weight excluding hydrogens is 296 g/mol. The number of nitrogens with one attached hydrogen (secondary N) is 1. The second-order valence-electron chi connectivity index (χ2n) is 6.30. The molecule has 6 heteroatoms. The summed E-state index contributed by atoms with van der Waals surface area (Å²) in [5.74, 6) is -2.09. The minimum Gasteiger partial charge on any atom is -0.378 e. The number of fused-ring (bicyclic) bond motifs is 5. The maximum atomic E-state index is 12.5. The van der Waals surface area contributed by atoms with Crippen LogP contribution in [-0.4, -0.2) is 27.8 Å². The molecule has 2 fully saturated rings. The Morgan fingerprint density at radius 1 is 1.09 bits per heavy atom. The Labute approximate surface area is 132 Å². The number of amides is 3. The summed E-state index contributed by atoms with van der Waals surface area (Å²) in [5, 5.41) is 10.9. The fourth-order valence-electron chi connectivity index (χ4n) is 3.97. The summed E-state index contributed by atoms with van der Waals surface area (Å²) in [6, 6.07) is 8.39. The van der Waals surface area contributed by atoms with Gasteiger partial charge in [-0.05, 0) is 23.8 Å². The van der Waals surface area contributed by atoms with Crippen LogP contribution in [0, 0.1) is 23.7 Å². The van der Waals surface area contributed by atoms with Crippen LogP contribution >= 0.6 is 0 Å². The van der Waals surface area contributed by atoms with Crippen LogP contribution in [0.1, 0.15) is 18.1 Å². The number of rotatable bonds is 3. The van der Waals surface area contributed by atoms with Crippen LogP contribution in [0.25, 0.3) is 0 Å². The van der Waals surface area contributed by atoms with Gasteiger partial charge in [0.05, 0.1) is 11.8 Å². The van der Waals surface area contributed by atoms with Crippen molar-refractivity contribution < 1.29 is 19.5 Å². The highest BCUT2D eigenvalue weighted by Gasteiger charge is 2.59. The first kappa shape index (κ1) is 14.1. The topological polar surface area (TPSA) is 86.7 Å². The molecule has 0 unspecified atom stereocenters. The summed E-state index contributed by atoms with van der Waals surface area (Å²) in [6.45, 7) is 0. The summed E-state index contributed by atoms with van der Waals surface area (Å²) in [7, 11) is 0. The van der Waals surface area contributed by atoms with Crippen molar-refractivity contribution in [3.8, 4) is 0 Å². The molecule has 3 aliphatic rings. The molecule has 0 radical (unpaired) electrons. The fourth-order valence-corrected chi connectivity index (χ4v) is 3.97. The smallest absolute Gasteiger partial charge is 0.272 e. The highest BCUT2D eigenvalue weighted by molar-refractivity contribution is 6.07. The van der Waals surface area contributed by atoms with E-state index in [0.29, 0.717) is 5.56 Å². The number of aliphatic hydroxyl groups excluding tert-OH is 1. The average Bonchev–Trinajstić information content (AvgIpc) is 3.24. The predicted molar refractivity (Wildman–Crippen MR) is 79.1 cm³/mol. The molecule has 1 heterocycles. The van der Waals surface area contributed by atoms with Crippen molar-refractivity contribution in [2.75, 3.05) is 0 Å². The number of hydrogen-bond donors (Lipinski definition) is 2. The van der Waals surface area contributed by atoms with Gasteiger partial charge in [0.25, 0.3) is 17.7 Å². The number of benzene rings is 1. The average molecular weight is 312 g/mol. The lowest BCUT2D eigenvalue weighted by molar-refractivity contribution is -0.152. The standard InChI is InChI=1S/C17H16N2O4/c20-14(9-4-2-1-3-5-9)15(21)18-19-16(22)12-10-6-7-11(8-10)13(12)17(19)23/h1-7,10-14,20H,8H2,(H,18,21)/t10-,11-,12+,13+,14+/m0/s1. The van der Waals surface area contributed by atoms with E-state index in [1.165, 1.54) is 0 Å². The highest BCUT2D eigenvalue weighted by Crippen LogP contribution is 2.52. The Balaban J connectivity index is 1.51. The number of carbonyl (C=O) groups is 3. The van der Waals surface area contributed by atoms with E-state index in [9.17, 15) is 19.5 Å². The van der Waals surface area contributed by atoms with E-state index in [-0.39, 0.29) is 35.5 Å². The molecule has 118 valence electrons. The van der Waals surface area contributed by atoms with Crippen LogP contribution in [-0.2, 0) is 14.4 Å². The van der Waals surface area contributed by atoms with Crippen LogP contribution in [0.4, 0.5) is 0 Å². The Morgan fingerprint density at radius 3 is 2.22 bits per heavy atom. The summed E-state index contributed by atoms with van der Waals surface area (Å²) >= 11 is 0. The third-order valence-electron chi connectivity index (χ3n) is 5.06. The number of hydrazine groups is 1. The second kappa shape index (κ2) is 5.03. The molecule has 3 amide bonds. The molecule has 5 atom stereocenters. The van der Waals surface area contributed by atoms with Gasteiger partial charge < -0.3 is 5.11 Å². The van der Waals surface area contributed by atoms with Crippen LogP contribution in [0.2, 0.25) is 0 Å². The Kier molecular flexibility index (Phi) is 3.09. The van der Waals surface area contributed by atoms with E-state index in [0.717, 1.165) is 11.4 Å². The first-order valence-electron chi connectivity index (χ1n) is 7.67. The van der Waals surface area contributed by atoms with Crippen molar-refractivity contribution in [1.82, 2.24) is 10.4 Å². The molecule has 1 aromatic rings. The Hall–Kier alpha value is -2.47. The zero-order chi connectivity index (χ0) is 16.1. The molecule has 4 rings (SSSR count). The van der Waals surface area contributed by atoms with Gasteiger partial charge >= 0.3 is 0 Å². The number of nitrogens with zero attached hydrogens (tertiary/aromatic N) is 1. The molecule has 2 bridgehead atoms. The first-order chi connectivity index (χ1) is 11.1. The van der Waals surface area contributed by atoms with Crippen LogP contribution in [0.3, 0.4) is 0 Å². The van der Waals surface area contributed by atoms with E-state index in [1.807, 2.05) is 12.2 Å². The maximum Gasteiger partial charge on any atom is 0.272 e. The summed E-state index contributed by atoms with van der Waals surface area (Å²) in [4.78, 5) is 37.1. The maximum absolute atomic E-state index is 12.5. The van der Waals surface area contributed by atoms with Crippen molar-refractivity contribution in [2.24, 2.45) is 23.7 Å². The van der Waals surface area contributed by atoms with Crippen molar-refractivity contribution in [3.63, 3.8) is 0 Å². The van der Waals surface area contributed by atoms with E-state index in [4.69, 9.17) is 0 Å². The third kappa shape index (κ3) is 2.02. The summed E-state index contributed by atoms with van der Waals surface area (Å²) in [6.07, 6.45) is 3.39. The molecule has 0 spiro atoms. The van der Waals surface area contributed by atoms with Gasteiger partial charge in [-0.25, -0.2) is 0 Å². The molecule has 2 aliphatic carbocycles. The largest absolute Gasteiger partial charge is 0.378 e. The predicted octanol–water partition coefficient (Wildman–Crippen LogP) is 0.558. The first-order valence-corrected chi connectivity index (χ1v) is 7.67. The van der Waals surface area contributed by atoms with E-state index in [1.54, 1.807) is 30.3 Å². The Morgan fingerprint density at radius 2 is 1.65 bits per heavy atom. The van der Waals surface area contributed by atoms with Crippen LogP contribution in [0.5, 0.6) is 0 Å². The summed E-state index contributed by atoms with van der Waals surface area (Å²) in [5.41, 5.74) is 2.70. The number of allylic oxidation sites excluding steroid dienone is 2. The van der Waals surface area contributed by atoms with Crippen molar-refractivity contribution in [2.45, 2.75) is 12.5 Å². The zero-order valence-electron chi connectivity index (χ0n) is 12.3. The van der Waals surface area contributed by atoms with Crippen molar-refractivity contribution in [1.29, 1.82) is 0 Å². The minimum atomic E-state index is -1.42. The molecular formula is C17H16N2O4. The van der Waals surface area contributed by atoms with Gasteiger partial charge in [0.2, 0.25) is 0 Å².